The Labute approximate surface area is 197 Å². The highest BCUT2D eigenvalue weighted by Crippen LogP contribution is 2.40. The van der Waals surface area contributed by atoms with E-state index in [0.717, 1.165) is 21.7 Å². The minimum Gasteiger partial charge on any atom is -0.385 e. The van der Waals surface area contributed by atoms with Crippen LogP contribution in [0.1, 0.15) is 5.82 Å². The molecule has 4 rings (SSSR count). The Morgan fingerprint density at radius 2 is 1.88 bits per heavy atom. The number of fused-ring (bicyclic) bond motifs is 1. The molecule has 0 amide bonds. The number of rotatable bonds is 7. The molecule has 33 heavy (non-hydrogen) atoms. The second-order valence-electron chi connectivity index (χ2n) is 7.40. The molecule has 2 aromatic heterocycles. The second kappa shape index (κ2) is 9.48. The van der Waals surface area contributed by atoms with Crippen LogP contribution >= 0.6 is 11.8 Å². The molecule has 0 saturated heterocycles. The molecule has 2 heterocycles. The van der Waals surface area contributed by atoms with Gasteiger partial charge in [0.1, 0.15) is 11.6 Å². The normalized spacial score (nSPS) is 12.3. The first-order chi connectivity index (χ1) is 15.8. The van der Waals surface area contributed by atoms with Gasteiger partial charge in [0.25, 0.3) is 11.3 Å². The predicted molar refractivity (Wildman–Crippen MR) is 130 cm³/mol. The van der Waals surface area contributed by atoms with Gasteiger partial charge in [-0.1, -0.05) is 23.9 Å². The van der Waals surface area contributed by atoms with Gasteiger partial charge in [-0.15, -0.1) is 10.2 Å². The standard InChI is InChI=1S/C22H23FN6O2S2/c1-14-25-26-22-19(24-2)11-15(13-28(14)22)17-12-16(29(27(3)4)33(30)31)9-10-20(17)32-21-8-6-5-7-18(21)23/h5-13,24H,1-4H3,(H,30,31). The minimum absolute atomic E-state index is 0.315. The molecule has 8 nitrogen and oxygen atoms in total. The maximum atomic E-state index is 14.4. The molecule has 1 atom stereocenters. The summed E-state index contributed by atoms with van der Waals surface area (Å²) in [7, 11) is 5.17. The molecule has 0 saturated carbocycles. The summed E-state index contributed by atoms with van der Waals surface area (Å²) in [5.41, 5.74) is 3.56. The highest BCUT2D eigenvalue weighted by Gasteiger charge is 2.20. The zero-order valence-corrected chi connectivity index (χ0v) is 20.1. The molecule has 0 bridgehead atoms. The van der Waals surface area contributed by atoms with E-state index in [0.29, 0.717) is 22.1 Å². The monoisotopic (exact) mass is 486 g/mol. The number of aryl methyl sites for hydroxylation is 1. The lowest BCUT2D eigenvalue weighted by Gasteiger charge is -2.27. The first-order valence-corrected chi connectivity index (χ1v) is 11.9. The van der Waals surface area contributed by atoms with Gasteiger partial charge in [0.2, 0.25) is 0 Å². The van der Waals surface area contributed by atoms with E-state index >= 15 is 0 Å². The van der Waals surface area contributed by atoms with Crippen molar-refractivity contribution in [3.8, 4) is 11.1 Å². The molecule has 4 aromatic rings. The van der Waals surface area contributed by atoms with Crippen LogP contribution in [0.4, 0.5) is 15.8 Å². The molecule has 0 radical (unpaired) electrons. The number of nitrogens with zero attached hydrogens (tertiary/aromatic N) is 5. The van der Waals surface area contributed by atoms with E-state index in [9.17, 15) is 13.2 Å². The average Bonchev–Trinajstić information content (AvgIpc) is 3.16. The number of nitrogens with one attached hydrogen (secondary N) is 1. The number of halogens is 1. The smallest absolute Gasteiger partial charge is 0.277 e. The lowest BCUT2D eigenvalue weighted by molar-refractivity contribution is 0.417. The van der Waals surface area contributed by atoms with E-state index in [1.54, 1.807) is 45.4 Å². The van der Waals surface area contributed by atoms with E-state index in [1.807, 2.05) is 35.7 Å². The molecule has 0 aliphatic rings. The van der Waals surface area contributed by atoms with Crippen molar-refractivity contribution in [2.45, 2.75) is 16.7 Å². The minimum atomic E-state index is -2.27. The van der Waals surface area contributed by atoms with Crippen LogP contribution in [0, 0.1) is 12.7 Å². The SMILES string of the molecule is CNc1cc(-c2cc(N(N(C)C)S(=O)O)ccc2Sc2ccccc2F)cn2c(C)nnc12. The highest BCUT2D eigenvalue weighted by atomic mass is 32.2. The van der Waals surface area contributed by atoms with Crippen molar-refractivity contribution >= 4 is 40.1 Å². The first kappa shape index (κ1) is 23.2. The largest absolute Gasteiger partial charge is 0.385 e. The van der Waals surface area contributed by atoms with E-state index in [2.05, 4.69) is 15.5 Å². The number of hydrazine groups is 1. The van der Waals surface area contributed by atoms with E-state index in [1.165, 1.54) is 27.3 Å². The van der Waals surface area contributed by atoms with Crippen LogP contribution in [0.3, 0.4) is 0 Å². The number of hydrogen-bond donors (Lipinski definition) is 2. The summed E-state index contributed by atoms with van der Waals surface area (Å²) < 4.78 is 39.4. The summed E-state index contributed by atoms with van der Waals surface area (Å²) in [4.78, 5) is 1.27. The quantitative estimate of drug-likeness (QED) is 0.295. The first-order valence-electron chi connectivity index (χ1n) is 9.98. The van der Waals surface area contributed by atoms with Crippen molar-refractivity contribution in [3.63, 3.8) is 0 Å². The Morgan fingerprint density at radius 3 is 2.55 bits per heavy atom. The van der Waals surface area contributed by atoms with E-state index in [-0.39, 0.29) is 5.82 Å². The predicted octanol–water partition coefficient (Wildman–Crippen LogP) is 4.46. The summed E-state index contributed by atoms with van der Waals surface area (Å²) in [6.45, 7) is 1.86. The average molecular weight is 487 g/mol. The van der Waals surface area contributed by atoms with Gasteiger partial charge in [0, 0.05) is 42.7 Å². The Balaban J connectivity index is 1.94. The number of aromatic nitrogens is 3. The Bertz CT molecular complexity index is 1340. The third-order valence-electron chi connectivity index (χ3n) is 5.01. The van der Waals surface area contributed by atoms with Gasteiger partial charge in [-0.05, 0) is 48.9 Å². The third-order valence-corrected chi connectivity index (χ3v) is 6.97. The fraction of sp³-hybridized carbons (Fsp3) is 0.182. The third kappa shape index (κ3) is 4.58. The molecule has 172 valence electrons. The summed E-state index contributed by atoms with van der Waals surface area (Å²) in [6, 6.07) is 13.9. The van der Waals surface area contributed by atoms with Crippen molar-refractivity contribution in [3.05, 3.63) is 66.4 Å². The van der Waals surface area contributed by atoms with Crippen LogP contribution in [0.2, 0.25) is 0 Å². The molecule has 2 aromatic carbocycles. The van der Waals surface area contributed by atoms with Crippen molar-refractivity contribution in [1.82, 2.24) is 19.6 Å². The summed E-state index contributed by atoms with van der Waals surface area (Å²) >= 11 is -0.976. The summed E-state index contributed by atoms with van der Waals surface area (Å²) in [5, 5.41) is 13.1. The molecule has 0 aliphatic carbocycles. The van der Waals surface area contributed by atoms with Crippen LogP contribution < -0.4 is 9.73 Å². The number of anilines is 2. The maximum Gasteiger partial charge on any atom is 0.277 e. The van der Waals surface area contributed by atoms with E-state index < -0.39 is 11.3 Å². The highest BCUT2D eigenvalue weighted by molar-refractivity contribution is 7.99. The van der Waals surface area contributed by atoms with Crippen LogP contribution in [-0.2, 0) is 11.3 Å². The fourth-order valence-corrected chi connectivity index (χ4v) is 5.04. The van der Waals surface area contributed by atoms with Gasteiger partial charge in [0.05, 0.1) is 11.4 Å². The van der Waals surface area contributed by atoms with Crippen LogP contribution in [0.5, 0.6) is 0 Å². The summed E-state index contributed by atoms with van der Waals surface area (Å²) in [5.74, 6) is 0.402. The van der Waals surface area contributed by atoms with Crippen molar-refractivity contribution in [2.75, 3.05) is 30.9 Å². The van der Waals surface area contributed by atoms with Crippen molar-refractivity contribution in [1.29, 1.82) is 0 Å². The molecule has 2 N–H and O–H groups in total. The van der Waals surface area contributed by atoms with Crippen LogP contribution in [0.15, 0.2) is 64.5 Å². The zero-order valence-electron chi connectivity index (χ0n) is 18.5. The Kier molecular flexibility index (Phi) is 6.66. The maximum absolute atomic E-state index is 14.4. The second-order valence-corrected chi connectivity index (χ2v) is 9.29. The molecule has 0 spiro atoms. The molecular formula is C22H23FN6O2S2. The molecule has 11 heteroatoms. The number of hydrogen-bond acceptors (Lipinski definition) is 6. The lowest BCUT2D eigenvalue weighted by atomic mass is 10.1. The molecule has 1 unspecified atom stereocenters. The number of pyridine rings is 1. The van der Waals surface area contributed by atoms with Gasteiger partial charge in [0.15, 0.2) is 5.65 Å². The molecule has 0 aliphatic heterocycles. The topological polar surface area (TPSA) is 86.0 Å². The lowest BCUT2D eigenvalue weighted by Crippen LogP contribution is -2.38. The molecule has 0 fully saturated rings. The van der Waals surface area contributed by atoms with Gasteiger partial charge in [-0.2, -0.15) is 4.41 Å². The van der Waals surface area contributed by atoms with Crippen molar-refractivity contribution < 1.29 is 13.2 Å². The van der Waals surface area contributed by atoms with Crippen LogP contribution in [-0.4, -0.2) is 49.5 Å². The van der Waals surface area contributed by atoms with Gasteiger partial charge in [-0.25, -0.2) is 13.6 Å². The van der Waals surface area contributed by atoms with Gasteiger partial charge >= 0.3 is 0 Å². The fourth-order valence-electron chi connectivity index (χ4n) is 3.49. The Morgan fingerprint density at radius 1 is 1.12 bits per heavy atom. The zero-order chi connectivity index (χ0) is 23.7. The van der Waals surface area contributed by atoms with E-state index in [4.69, 9.17) is 0 Å². The summed E-state index contributed by atoms with van der Waals surface area (Å²) in [6.07, 6.45) is 1.91. The Hall–Kier alpha value is -2.99. The van der Waals surface area contributed by atoms with Gasteiger partial charge < -0.3 is 5.32 Å². The molecular weight excluding hydrogens is 463 g/mol. The van der Waals surface area contributed by atoms with Crippen LogP contribution in [0.25, 0.3) is 16.8 Å². The number of benzene rings is 2. The van der Waals surface area contributed by atoms with Crippen molar-refractivity contribution in [2.24, 2.45) is 0 Å². The van der Waals surface area contributed by atoms with Gasteiger partial charge in [-0.3, -0.25) is 8.95 Å².